The number of hydrogen-bond acceptors (Lipinski definition) is 4. The Labute approximate surface area is 87.2 Å². The van der Waals surface area contributed by atoms with E-state index in [4.69, 9.17) is 5.11 Å². The third-order valence-corrected chi connectivity index (χ3v) is 2.34. The zero-order chi connectivity index (χ0) is 10.7. The van der Waals surface area contributed by atoms with Crippen LogP contribution in [0.3, 0.4) is 0 Å². The number of aliphatic hydroxyl groups is 1. The summed E-state index contributed by atoms with van der Waals surface area (Å²) in [7, 11) is 1.91. The monoisotopic (exact) mass is 207 g/mol. The van der Waals surface area contributed by atoms with Gasteiger partial charge in [0.15, 0.2) is 5.82 Å². The minimum absolute atomic E-state index is 0.0780. The maximum absolute atomic E-state index is 8.98. The predicted molar refractivity (Wildman–Crippen MR) is 52.9 cm³/mol. The van der Waals surface area contributed by atoms with Gasteiger partial charge in [-0.3, -0.25) is 4.68 Å². The number of rotatable bonds is 4. The lowest BCUT2D eigenvalue weighted by molar-refractivity contribution is 0.262. The highest BCUT2D eigenvalue weighted by Crippen LogP contribution is 2.01. The summed E-state index contributed by atoms with van der Waals surface area (Å²) in [6, 6.07) is 1.97. The van der Waals surface area contributed by atoms with Gasteiger partial charge in [0.25, 0.3) is 0 Å². The third-order valence-electron chi connectivity index (χ3n) is 2.34. The number of aliphatic hydroxyl groups excluding tert-OH is 1. The van der Waals surface area contributed by atoms with E-state index in [0.717, 1.165) is 12.1 Å². The van der Waals surface area contributed by atoms with Crippen molar-refractivity contribution in [2.75, 3.05) is 0 Å². The quantitative estimate of drug-likeness (QED) is 0.750. The molecule has 0 saturated carbocycles. The summed E-state index contributed by atoms with van der Waals surface area (Å²) in [5, 5.41) is 17.1. The smallest absolute Gasteiger partial charge is 0.152 e. The van der Waals surface area contributed by atoms with E-state index in [0.29, 0.717) is 12.4 Å². The maximum Gasteiger partial charge on any atom is 0.152 e. The first-order valence-electron chi connectivity index (χ1n) is 4.75. The Balaban J connectivity index is 2.02. The lowest BCUT2D eigenvalue weighted by Gasteiger charge is -2.04. The van der Waals surface area contributed by atoms with Gasteiger partial charge in [0, 0.05) is 31.9 Å². The van der Waals surface area contributed by atoms with Crippen LogP contribution in [-0.2, 0) is 26.6 Å². The van der Waals surface area contributed by atoms with Crippen molar-refractivity contribution in [1.29, 1.82) is 0 Å². The summed E-state index contributed by atoms with van der Waals surface area (Å²) in [5.74, 6) is 0.595. The zero-order valence-electron chi connectivity index (χ0n) is 8.54. The summed E-state index contributed by atoms with van der Waals surface area (Å²) in [6.07, 6.45) is 4.05. The van der Waals surface area contributed by atoms with Crippen molar-refractivity contribution < 1.29 is 5.11 Å². The molecule has 0 aliphatic carbocycles. The van der Waals surface area contributed by atoms with Crippen LogP contribution in [0.1, 0.15) is 11.5 Å². The number of nitrogens with zero attached hydrogens (tertiary/aromatic N) is 5. The molecule has 0 atom stereocenters. The molecule has 0 bridgehead atoms. The van der Waals surface area contributed by atoms with Crippen molar-refractivity contribution in [3.8, 4) is 0 Å². The Bertz CT molecular complexity index is 433. The SMILES string of the molecule is Cn1nccc1CCn1ncnc1CO. The van der Waals surface area contributed by atoms with Gasteiger partial charge in [0.1, 0.15) is 12.9 Å². The van der Waals surface area contributed by atoms with Crippen LogP contribution in [-0.4, -0.2) is 29.7 Å². The van der Waals surface area contributed by atoms with Crippen molar-refractivity contribution in [2.45, 2.75) is 19.6 Å². The lowest BCUT2D eigenvalue weighted by Crippen LogP contribution is -2.10. The summed E-state index contributed by atoms with van der Waals surface area (Å²) in [6.45, 7) is 0.626. The first-order valence-corrected chi connectivity index (χ1v) is 4.75. The van der Waals surface area contributed by atoms with E-state index in [9.17, 15) is 0 Å². The van der Waals surface area contributed by atoms with Crippen LogP contribution in [0.5, 0.6) is 0 Å². The van der Waals surface area contributed by atoms with Crippen LogP contribution >= 0.6 is 0 Å². The molecule has 1 N–H and O–H groups in total. The molecule has 0 aliphatic rings. The highest BCUT2D eigenvalue weighted by molar-refractivity contribution is 5.00. The number of aromatic nitrogens is 5. The molecule has 2 heterocycles. The predicted octanol–water partition coefficient (Wildman–Crippen LogP) is -0.253. The average Bonchev–Trinajstić information content (AvgIpc) is 2.83. The van der Waals surface area contributed by atoms with Gasteiger partial charge in [-0.2, -0.15) is 10.2 Å². The van der Waals surface area contributed by atoms with E-state index in [1.54, 1.807) is 10.9 Å². The van der Waals surface area contributed by atoms with Crippen molar-refractivity contribution in [1.82, 2.24) is 24.5 Å². The molecule has 6 nitrogen and oxygen atoms in total. The second-order valence-corrected chi connectivity index (χ2v) is 3.25. The highest BCUT2D eigenvalue weighted by atomic mass is 16.3. The van der Waals surface area contributed by atoms with Gasteiger partial charge in [0.2, 0.25) is 0 Å². The van der Waals surface area contributed by atoms with Gasteiger partial charge in [-0.1, -0.05) is 0 Å². The number of aryl methyl sites for hydroxylation is 3. The van der Waals surface area contributed by atoms with E-state index < -0.39 is 0 Å². The maximum atomic E-state index is 8.98. The minimum atomic E-state index is -0.0780. The van der Waals surface area contributed by atoms with Crippen LogP contribution < -0.4 is 0 Å². The topological polar surface area (TPSA) is 68.8 Å². The van der Waals surface area contributed by atoms with Crippen molar-refractivity contribution >= 4 is 0 Å². The Morgan fingerprint density at radius 3 is 2.93 bits per heavy atom. The Kier molecular flexibility index (Phi) is 2.77. The van der Waals surface area contributed by atoms with Gasteiger partial charge >= 0.3 is 0 Å². The Morgan fingerprint density at radius 1 is 1.40 bits per heavy atom. The molecular formula is C9H13N5O. The van der Waals surface area contributed by atoms with Gasteiger partial charge in [-0.05, 0) is 6.07 Å². The normalized spacial score (nSPS) is 10.8. The van der Waals surface area contributed by atoms with E-state index in [2.05, 4.69) is 15.2 Å². The Morgan fingerprint density at radius 2 is 2.27 bits per heavy atom. The highest BCUT2D eigenvalue weighted by Gasteiger charge is 2.04. The molecule has 0 unspecified atom stereocenters. The molecule has 80 valence electrons. The molecule has 0 amide bonds. The van der Waals surface area contributed by atoms with E-state index in [-0.39, 0.29) is 6.61 Å². The Hall–Kier alpha value is -1.69. The molecule has 2 aromatic rings. The third kappa shape index (κ3) is 2.04. The van der Waals surface area contributed by atoms with Crippen LogP contribution in [0.25, 0.3) is 0 Å². The second-order valence-electron chi connectivity index (χ2n) is 3.25. The van der Waals surface area contributed by atoms with Crippen LogP contribution in [0, 0.1) is 0 Å². The second kappa shape index (κ2) is 4.22. The van der Waals surface area contributed by atoms with Crippen LogP contribution in [0.4, 0.5) is 0 Å². The van der Waals surface area contributed by atoms with Crippen molar-refractivity contribution in [2.24, 2.45) is 7.05 Å². The standard InChI is InChI=1S/C9H13N5O/c1-13-8(2-4-11-13)3-5-14-9(6-15)10-7-12-14/h2,4,7,15H,3,5-6H2,1H3. The molecule has 0 aromatic carbocycles. The summed E-state index contributed by atoms with van der Waals surface area (Å²) < 4.78 is 3.53. The molecule has 0 radical (unpaired) electrons. The van der Waals surface area contributed by atoms with Gasteiger partial charge in [-0.25, -0.2) is 9.67 Å². The minimum Gasteiger partial charge on any atom is -0.388 e. The van der Waals surface area contributed by atoms with E-state index >= 15 is 0 Å². The van der Waals surface area contributed by atoms with Gasteiger partial charge in [-0.15, -0.1) is 0 Å². The molecule has 0 spiro atoms. The molecule has 0 aliphatic heterocycles. The van der Waals surface area contributed by atoms with E-state index in [1.807, 2.05) is 17.8 Å². The summed E-state index contributed by atoms with van der Waals surface area (Å²) in [4.78, 5) is 3.94. The van der Waals surface area contributed by atoms with Gasteiger partial charge in [0.05, 0.1) is 0 Å². The molecule has 2 aromatic heterocycles. The van der Waals surface area contributed by atoms with Crippen molar-refractivity contribution in [3.05, 3.63) is 30.1 Å². The number of hydrogen-bond donors (Lipinski definition) is 1. The zero-order valence-corrected chi connectivity index (χ0v) is 8.54. The van der Waals surface area contributed by atoms with Gasteiger partial charge < -0.3 is 5.11 Å². The lowest BCUT2D eigenvalue weighted by atomic mass is 10.3. The molecule has 0 saturated heterocycles. The molecule has 15 heavy (non-hydrogen) atoms. The molecular weight excluding hydrogens is 194 g/mol. The fourth-order valence-corrected chi connectivity index (χ4v) is 1.46. The molecule has 0 fully saturated rings. The largest absolute Gasteiger partial charge is 0.388 e. The van der Waals surface area contributed by atoms with Crippen molar-refractivity contribution in [3.63, 3.8) is 0 Å². The summed E-state index contributed by atoms with van der Waals surface area (Å²) in [5.41, 5.74) is 1.13. The fourth-order valence-electron chi connectivity index (χ4n) is 1.46. The molecule has 2 rings (SSSR count). The fraction of sp³-hybridized carbons (Fsp3) is 0.444. The summed E-state index contributed by atoms with van der Waals surface area (Å²) >= 11 is 0. The van der Waals surface area contributed by atoms with Crippen LogP contribution in [0.2, 0.25) is 0 Å². The first kappa shape index (κ1) is 9.85. The average molecular weight is 207 g/mol. The van der Waals surface area contributed by atoms with E-state index in [1.165, 1.54) is 6.33 Å². The first-order chi connectivity index (χ1) is 7.31. The van der Waals surface area contributed by atoms with Crippen LogP contribution in [0.15, 0.2) is 18.6 Å². The molecule has 6 heteroatoms.